The molecule has 17 heavy (non-hydrogen) atoms. The van der Waals surface area contributed by atoms with E-state index in [0.29, 0.717) is 19.1 Å². The highest BCUT2D eigenvalue weighted by molar-refractivity contribution is 5.82. The van der Waals surface area contributed by atoms with E-state index in [-0.39, 0.29) is 0 Å². The molecule has 0 aliphatic heterocycles. The predicted molar refractivity (Wildman–Crippen MR) is 63.9 cm³/mol. The van der Waals surface area contributed by atoms with Gasteiger partial charge in [0.05, 0.1) is 6.10 Å². The summed E-state index contributed by atoms with van der Waals surface area (Å²) >= 11 is 0. The molecular weight excluding hydrogens is 224 g/mol. The molecule has 6 nitrogen and oxygen atoms in total. The van der Waals surface area contributed by atoms with E-state index in [0.717, 1.165) is 0 Å². The van der Waals surface area contributed by atoms with Gasteiger partial charge in [0.15, 0.2) is 6.04 Å². The van der Waals surface area contributed by atoms with Crippen molar-refractivity contribution in [1.82, 2.24) is 10.6 Å². The molecule has 0 fully saturated rings. The molecule has 0 spiro atoms. The Labute approximate surface area is 102 Å². The summed E-state index contributed by atoms with van der Waals surface area (Å²) in [5.74, 6) is -0.788. The summed E-state index contributed by atoms with van der Waals surface area (Å²) in [4.78, 5) is 22.3. The first kappa shape index (κ1) is 15.7. The zero-order valence-electron chi connectivity index (χ0n) is 10.8. The second kappa shape index (κ2) is 7.89. The third kappa shape index (κ3) is 6.78. The first-order chi connectivity index (χ1) is 7.88. The molecule has 3 N–H and O–H groups in total. The van der Waals surface area contributed by atoms with Gasteiger partial charge in [-0.3, -0.25) is 0 Å². The summed E-state index contributed by atoms with van der Waals surface area (Å²) in [7, 11) is 0. The van der Waals surface area contributed by atoms with Crippen molar-refractivity contribution >= 4 is 12.0 Å². The normalized spacial score (nSPS) is 14.2. The van der Waals surface area contributed by atoms with E-state index in [2.05, 4.69) is 10.6 Å². The Morgan fingerprint density at radius 2 is 1.88 bits per heavy atom. The lowest BCUT2D eigenvalue weighted by Gasteiger charge is -2.22. The number of carbonyl (C=O) groups excluding carboxylic acids is 1. The fourth-order valence-corrected chi connectivity index (χ4v) is 1.17. The highest BCUT2D eigenvalue weighted by Crippen LogP contribution is 2.03. The molecule has 0 aromatic rings. The SMILES string of the molecule is CCNC(=O)NC(C(=O)O)C(C)OCC(C)C. The van der Waals surface area contributed by atoms with Crippen molar-refractivity contribution in [3.8, 4) is 0 Å². The van der Waals surface area contributed by atoms with Crippen LogP contribution in [0.15, 0.2) is 0 Å². The van der Waals surface area contributed by atoms with Crippen LogP contribution in [-0.4, -0.2) is 42.4 Å². The predicted octanol–water partition coefficient (Wildman–Crippen LogP) is 0.820. The number of aliphatic carboxylic acids is 1. The van der Waals surface area contributed by atoms with Crippen LogP contribution in [-0.2, 0) is 9.53 Å². The van der Waals surface area contributed by atoms with Gasteiger partial charge in [-0.05, 0) is 19.8 Å². The first-order valence-electron chi connectivity index (χ1n) is 5.77. The molecule has 0 saturated heterocycles. The Kier molecular flexibility index (Phi) is 7.29. The molecular formula is C11H22N2O4. The van der Waals surface area contributed by atoms with Gasteiger partial charge in [0.25, 0.3) is 0 Å². The minimum Gasteiger partial charge on any atom is -0.480 e. The molecule has 0 aliphatic rings. The van der Waals surface area contributed by atoms with E-state index in [1.54, 1.807) is 13.8 Å². The van der Waals surface area contributed by atoms with Crippen LogP contribution in [0.3, 0.4) is 0 Å². The van der Waals surface area contributed by atoms with Gasteiger partial charge in [0, 0.05) is 13.2 Å². The lowest BCUT2D eigenvalue weighted by molar-refractivity contribution is -0.143. The van der Waals surface area contributed by atoms with Gasteiger partial charge < -0.3 is 20.5 Å². The van der Waals surface area contributed by atoms with Crippen LogP contribution in [0.4, 0.5) is 4.79 Å². The maximum atomic E-state index is 11.3. The molecule has 0 bridgehead atoms. The summed E-state index contributed by atoms with van der Waals surface area (Å²) in [5.41, 5.74) is 0. The van der Waals surface area contributed by atoms with E-state index in [1.165, 1.54) is 0 Å². The number of hydrogen-bond acceptors (Lipinski definition) is 3. The number of hydrogen-bond donors (Lipinski definition) is 3. The van der Waals surface area contributed by atoms with Crippen molar-refractivity contribution in [2.45, 2.75) is 39.8 Å². The van der Waals surface area contributed by atoms with Crippen LogP contribution in [0.25, 0.3) is 0 Å². The van der Waals surface area contributed by atoms with Crippen LogP contribution in [0.1, 0.15) is 27.7 Å². The Balaban J connectivity index is 4.31. The second-order valence-corrected chi connectivity index (χ2v) is 4.25. The Morgan fingerprint density at radius 1 is 1.29 bits per heavy atom. The minimum absolute atomic E-state index is 0.316. The van der Waals surface area contributed by atoms with E-state index in [4.69, 9.17) is 9.84 Å². The summed E-state index contributed by atoms with van der Waals surface area (Å²) < 4.78 is 5.38. The molecule has 0 aromatic carbocycles. The van der Waals surface area contributed by atoms with Crippen molar-refractivity contribution in [2.75, 3.05) is 13.2 Å². The van der Waals surface area contributed by atoms with Gasteiger partial charge in [-0.1, -0.05) is 13.8 Å². The average molecular weight is 246 g/mol. The molecule has 0 aromatic heterocycles. The highest BCUT2D eigenvalue weighted by atomic mass is 16.5. The maximum Gasteiger partial charge on any atom is 0.328 e. The van der Waals surface area contributed by atoms with Crippen LogP contribution in [0.2, 0.25) is 0 Å². The lowest BCUT2D eigenvalue weighted by Crippen LogP contribution is -2.52. The smallest absolute Gasteiger partial charge is 0.328 e. The molecule has 2 amide bonds. The molecule has 6 heteroatoms. The number of nitrogens with one attached hydrogen (secondary N) is 2. The Hall–Kier alpha value is -1.30. The number of rotatable bonds is 7. The van der Waals surface area contributed by atoms with Crippen LogP contribution >= 0.6 is 0 Å². The number of amides is 2. The zero-order valence-corrected chi connectivity index (χ0v) is 10.8. The van der Waals surface area contributed by atoms with Crippen molar-refractivity contribution in [1.29, 1.82) is 0 Å². The number of carbonyl (C=O) groups is 2. The molecule has 0 heterocycles. The summed E-state index contributed by atoms with van der Waals surface area (Å²) in [5, 5.41) is 13.9. The number of ether oxygens (including phenoxy) is 1. The molecule has 0 aliphatic carbocycles. The number of carboxylic acids is 1. The van der Waals surface area contributed by atoms with Crippen LogP contribution in [0.5, 0.6) is 0 Å². The van der Waals surface area contributed by atoms with Crippen molar-refractivity contribution < 1.29 is 19.4 Å². The monoisotopic (exact) mass is 246 g/mol. The molecule has 2 unspecified atom stereocenters. The standard InChI is InChI=1S/C11H22N2O4/c1-5-12-11(16)13-9(10(14)15)8(4)17-6-7(2)3/h7-9H,5-6H2,1-4H3,(H,14,15)(H2,12,13,16). The van der Waals surface area contributed by atoms with E-state index >= 15 is 0 Å². The third-order valence-electron chi connectivity index (χ3n) is 2.05. The van der Waals surface area contributed by atoms with Crippen molar-refractivity contribution in [3.63, 3.8) is 0 Å². The fraction of sp³-hybridized carbons (Fsp3) is 0.818. The molecule has 0 saturated carbocycles. The van der Waals surface area contributed by atoms with Gasteiger partial charge in [-0.15, -0.1) is 0 Å². The lowest BCUT2D eigenvalue weighted by atomic mass is 10.2. The maximum absolute atomic E-state index is 11.3. The Morgan fingerprint density at radius 3 is 2.29 bits per heavy atom. The van der Waals surface area contributed by atoms with Gasteiger partial charge in [-0.25, -0.2) is 9.59 Å². The number of urea groups is 1. The fourth-order valence-electron chi connectivity index (χ4n) is 1.17. The summed E-state index contributed by atoms with van der Waals surface area (Å²) in [6.07, 6.45) is -0.572. The number of carboxylic acid groups (broad SMARTS) is 1. The first-order valence-corrected chi connectivity index (χ1v) is 5.77. The summed E-state index contributed by atoms with van der Waals surface area (Å²) in [6.45, 7) is 8.24. The van der Waals surface area contributed by atoms with Gasteiger partial charge in [-0.2, -0.15) is 0 Å². The van der Waals surface area contributed by atoms with Crippen LogP contribution in [0, 0.1) is 5.92 Å². The van der Waals surface area contributed by atoms with E-state index < -0.39 is 24.1 Å². The van der Waals surface area contributed by atoms with E-state index in [1.807, 2.05) is 13.8 Å². The molecule has 0 rings (SSSR count). The van der Waals surface area contributed by atoms with Gasteiger partial charge in [0.2, 0.25) is 0 Å². The molecule has 100 valence electrons. The van der Waals surface area contributed by atoms with Gasteiger partial charge >= 0.3 is 12.0 Å². The van der Waals surface area contributed by atoms with Crippen molar-refractivity contribution in [3.05, 3.63) is 0 Å². The third-order valence-corrected chi connectivity index (χ3v) is 2.05. The van der Waals surface area contributed by atoms with Crippen LogP contribution < -0.4 is 10.6 Å². The molecule has 2 atom stereocenters. The highest BCUT2D eigenvalue weighted by Gasteiger charge is 2.27. The topological polar surface area (TPSA) is 87.7 Å². The largest absolute Gasteiger partial charge is 0.480 e. The second-order valence-electron chi connectivity index (χ2n) is 4.25. The minimum atomic E-state index is -1.10. The average Bonchev–Trinajstić information content (AvgIpc) is 2.22. The zero-order chi connectivity index (χ0) is 13.4. The van der Waals surface area contributed by atoms with Gasteiger partial charge in [0.1, 0.15) is 0 Å². The summed E-state index contributed by atoms with van der Waals surface area (Å²) in [6, 6.07) is -1.54. The Bertz CT molecular complexity index is 256. The molecule has 0 radical (unpaired) electrons. The van der Waals surface area contributed by atoms with E-state index in [9.17, 15) is 9.59 Å². The van der Waals surface area contributed by atoms with Crippen molar-refractivity contribution in [2.24, 2.45) is 5.92 Å². The quantitative estimate of drug-likeness (QED) is 0.620.